The first-order valence-electron chi connectivity index (χ1n) is 8.63. The smallest absolute Gasteiger partial charge is 0.267 e. The molecule has 0 bridgehead atoms. The fourth-order valence-electron chi connectivity index (χ4n) is 2.72. The Hall–Kier alpha value is -3.45. The van der Waals surface area contributed by atoms with Gasteiger partial charge in [-0.15, -0.1) is 0 Å². The Kier molecular flexibility index (Phi) is 5.16. The lowest BCUT2D eigenvalue weighted by molar-refractivity contribution is -0.121. The molecule has 2 aromatic rings. The fraction of sp³-hybridized carbons (Fsp3) is 0.0476. The number of rotatable bonds is 4. The van der Waals surface area contributed by atoms with Gasteiger partial charge in [0.1, 0.15) is 6.54 Å². The van der Waals surface area contributed by atoms with Crippen molar-refractivity contribution < 1.29 is 9.59 Å². The van der Waals surface area contributed by atoms with Crippen LogP contribution in [-0.4, -0.2) is 34.3 Å². The first-order valence-corrected chi connectivity index (χ1v) is 9.51. The van der Waals surface area contributed by atoms with E-state index >= 15 is 0 Å². The van der Waals surface area contributed by atoms with Crippen molar-refractivity contribution in [3.8, 4) is 0 Å². The summed E-state index contributed by atoms with van der Waals surface area (Å²) in [4.78, 5) is 35.4. The Bertz CT molecular complexity index is 1030. The van der Waals surface area contributed by atoms with Gasteiger partial charge in [0.05, 0.1) is 5.57 Å². The maximum absolute atomic E-state index is 12.9. The molecule has 1 N–H and O–H groups in total. The maximum Gasteiger partial charge on any atom is 0.267 e. The van der Waals surface area contributed by atoms with Crippen molar-refractivity contribution >= 4 is 46.3 Å². The standard InChI is InChI=1S/C21H16N4O2S/c26-18(23-16-9-5-2-6-10-16)14-22-19-17(13-15-7-3-1-4-8-15)20(27)25-11-12-28-21(25)24-19/h1-13H,14H2,(H,23,26)/b17-13+,22-19?. The SMILES string of the molecule is O=C(CN=C1N=C2SC=CN2C(=O)/C1=C/c1ccccc1)Nc1ccccc1. The summed E-state index contributed by atoms with van der Waals surface area (Å²) in [5.41, 5.74) is 1.91. The van der Waals surface area contributed by atoms with Crippen LogP contribution in [0.3, 0.4) is 0 Å². The molecule has 0 saturated carbocycles. The maximum atomic E-state index is 12.9. The lowest BCUT2D eigenvalue weighted by atomic mass is 10.1. The van der Waals surface area contributed by atoms with Gasteiger partial charge < -0.3 is 5.32 Å². The highest BCUT2D eigenvalue weighted by molar-refractivity contribution is 8.16. The molecule has 6 nitrogen and oxygen atoms in total. The van der Waals surface area contributed by atoms with E-state index in [1.165, 1.54) is 16.7 Å². The zero-order chi connectivity index (χ0) is 19.3. The van der Waals surface area contributed by atoms with Gasteiger partial charge in [-0.2, -0.15) is 0 Å². The molecule has 0 aliphatic carbocycles. The molecule has 0 fully saturated rings. The number of aliphatic imine (C=N–C) groups is 2. The van der Waals surface area contributed by atoms with Crippen LogP contribution < -0.4 is 5.32 Å². The number of nitrogens with one attached hydrogen (secondary N) is 1. The Morgan fingerprint density at radius 1 is 1.11 bits per heavy atom. The van der Waals surface area contributed by atoms with Crippen LogP contribution in [0.2, 0.25) is 0 Å². The van der Waals surface area contributed by atoms with E-state index in [9.17, 15) is 9.59 Å². The van der Waals surface area contributed by atoms with Crippen LogP contribution in [0.1, 0.15) is 5.56 Å². The first kappa shape index (κ1) is 17.9. The van der Waals surface area contributed by atoms with Crippen LogP contribution in [-0.2, 0) is 9.59 Å². The van der Waals surface area contributed by atoms with Crippen LogP contribution in [0.15, 0.2) is 87.8 Å². The van der Waals surface area contributed by atoms with E-state index in [2.05, 4.69) is 15.3 Å². The number of amides is 2. The number of carbonyl (C=O) groups excluding carboxylic acids is 2. The van der Waals surface area contributed by atoms with Gasteiger partial charge in [-0.1, -0.05) is 60.3 Å². The van der Waals surface area contributed by atoms with Crippen molar-refractivity contribution in [3.05, 3.63) is 83.4 Å². The van der Waals surface area contributed by atoms with E-state index < -0.39 is 0 Å². The second kappa shape index (κ2) is 8.06. The van der Waals surface area contributed by atoms with E-state index in [1.807, 2.05) is 48.5 Å². The second-order valence-electron chi connectivity index (χ2n) is 6.00. The zero-order valence-electron chi connectivity index (χ0n) is 14.8. The van der Waals surface area contributed by atoms with Gasteiger partial charge in [-0.3, -0.25) is 19.5 Å². The monoisotopic (exact) mass is 388 g/mol. The van der Waals surface area contributed by atoms with Gasteiger partial charge >= 0.3 is 0 Å². The molecule has 0 unspecified atom stereocenters. The van der Waals surface area contributed by atoms with E-state index in [4.69, 9.17) is 0 Å². The lowest BCUT2D eigenvalue weighted by Gasteiger charge is -2.21. The van der Waals surface area contributed by atoms with Crippen molar-refractivity contribution in [2.45, 2.75) is 0 Å². The number of carbonyl (C=O) groups is 2. The van der Waals surface area contributed by atoms with Gasteiger partial charge in [0.15, 0.2) is 11.0 Å². The Balaban J connectivity index is 1.61. The number of benzene rings is 2. The zero-order valence-corrected chi connectivity index (χ0v) is 15.6. The summed E-state index contributed by atoms with van der Waals surface area (Å²) < 4.78 is 0. The normalized spacial score (nSPS) is 18.4. The van der Waals surface area contributed by atoms with Crippen molar-refractivity contribution in [2.24, 2.45) is 9.98 Å². The first-order chi connectivity index (χ1) is 13.7. The number of nitrogens with zero attached hydrogens (tertiary/aromatic N) is 3. The summed E-state index contributed by atoms with van der Waals surface area (Å²) in [6.45, 7) is -0.126. The predicted molar refractivity (Wildman–Crippen MR) is 113 cm³/mol. The molecule has 28 heavy (non-hydrogen) atoms. The van der Waals surface area contributed by atoms with Crippen LogP contribution >= 0.6 is 11.8 Å². The minimum atomic E-state index is -0.273. The molecule has 0 atom stereocenters. The summed E-state index contributed by atoms with van der Waals surface area (Å²) >= 11 is 1.34. The predicted octanol–water partition coefficient (Wildman–Crippen LogP) is 3.52. The molecule has 2 aliphatic rings. The third-order valence-electron chi connectivity index (χ3n) is 4.02. The van der Waals surface area contributed by atoms with Crippen molar-refractivity contribution in [2.75, 3.05) is 11.9 Å². The molecular weight excluding hydrogens is 372 g/mol. The van der Waals surface area contributed by atoms with Gasteiger partial charge in [0.25, 0.3) is 5.91 Å². The quantitative estimate of drug-likeness (QED) is 0.815. The minimum Gasteiger partial charge on any atom is -0.324 e. The summed E-state index contributed by atoms with van der Waals surface area (Å²) in [6, 6.07) is 18.6. The van der Waals surface area contributed by atoms with Crippen LogP contribution in [0.4, 0.5) is 5.69 Å². The number of fused-ring (bicyclic) bond motifs is 1. The number of hydrogen-bond acceptors (Lipinski definition) is 4. The highest BCUT2D eigenvalue weighted by Crippen LogP contribution is 2.27. The molecule has 0 aromatic heterocycles. The molecule has 2 aliphatic heterocycles. The number of amidine groups is 2. The number of hydrogen-bond donors (Lipinski definition) is 1. The Labute approximate surface area is 166 Å². The fourth-order valence-corrected chi connectivity index (χ4v) is 3.42. The van der Waals surface area contributed by atoms with Crippen LogP contribution in [0.25, 0.3) is 6.08 Å². The third-order valence-corrected chi connectivity index (χ3v) is 4.78. The van der Waals surface area contributed by atoms with Gasteiger partial charge in [-0.25, -0.2) is 4.99 Å². The van der Waals surface area contributed by atoms with Crippen LogP contribution in [0.5, 0.6) is 0 Å². The molecule has 0 saturated heterocycles. The second-order valence-corrected chi connectivity index (χ2v) is 6.87. The van der Waals surface area contributed by atoms with E-state index in [0.717, 1.165) is 5.56 Å². The van der Waals surface area contributed by atoms with Crippen molar-refractivity contribution in [1.82, 2.24) is 4.90 Å². The van der Waals surface area contributed by atoms with Crippen molar-refractivity contribution in [1.29, 1.82) is 0 Å². The van der Waals surface area contributed by atoms with E-state index in [-0.39, 0.29) is 24.2 Å². The number of thioether (sulfide) groups is 1. The molecule has 0 radical (unpaired) electrons. The summed E-state index contributed by atoms with van der Waals surface area (Å²) in [6.07, 6.45) is 3.43. The average molecular weight is 388 g/mol. The molecule has 138 valence electrons. The van der Waals surface area contributed by atoms with E-state index in [0.29, 0.717) is 16.4 Å². The lowest BCUT2D eigenvalue weighted by Crippen LogP contribution is -2.36. The largest absolute Gasteiger partial charge is 0.324 e. The Morgan fingerprint density at radius 2 is 1.82 bits per heavy atom. The average Bonchev–Trinajstić information content (AvgIpc) is 3.19. The van der Waals surface area contributed by atoms with Gasteiger partial charge in [0, 0.05) is 11.9 Å². The summed E-state index contributed by atoms with van der Waals surface area (Å²) in [5.74, 6) is -0.220. The third kappa shape index (κ3) is 3.94. The highest BCUT2D eigenvalue weighted by atomic mass is 32.2. The topological polar surface area (TPSA) is 74.1 Å². The minimum absolute atomic E-state index is 0.126. The molecule has 2 amide bonds. The molecule has 0 spiro atoms. The summed E-state index contributed by atoms with van der Waals surface area (Å²) in [7, 11) is 0. The number of para-hydroxylation sites is 1. The molecular formula is C21H16N4O2S. The van der Waals surface area contributed by atoms with E-state index in [1.54, 1.807) is 29.8 Å². The number of anilines is 1. The van der Waals surface area contributed by atoms with Crippen molar-refractivity contribution in [3.63, 3.8) is 0 Å². The van der Waals surface area contributed by atoms with Gasteiger partial charge in [-0.05, 0) is 29.2 Å². The molecule has 2 heterocycles. The highest BCUT2D eigenvalue weighted by Gasteiger charge is 2.32. The molecule has 2 aromatic carbocycles. The molecule has 4 rings (SSSR count). The summed E-state index contributed by atoms with van der Waals surface area (Å²) in [5, 5.41) is 5.11. The molecule has 7 heteroatoms. The Morgan fingerprint density at radius 3 is 2.57 bits per heavy atom. The van der Waals surface area contributed by atoms with Gasteiger partial charge in [0.2, 0.25) is 5.91 Å². The van der Waals surface area contributed by atoms with Crippen LogP contribution in [0, 0.1) is 0 Å².